The van der Waals surface area contributed by atoms with Crippen LogP contribution in [0, 0.1) is 13.8 Å². The number of hydrogen-bond donors (Lipinski definition) is 1. The summed E-state index contributed by atoms with van der Waals surface area (Å²) in [5.74, 6) is 1.63. The number of aromatic nitrogens is 3. The highest BCUT2D eigenvalue weighted by atomic mass is 32.2. The maximum Gasteiger partial charge on any atom is 0.262 e. The summed E-state index contributed by atoms with van der Waals surface area (Å²) in [6, 6.07) is 1.87. The second-order valence-electron chi connectivity index (χ2n) is 3.55. The topological polar surface area (TPSA) is 63.8 Å². The van der Waals surface area contributed by atoms with Gasteiger partial charge in [0.1, 0.15) is 16.6 Å². The van der Waals surface area contributed by atoms with Crippen molar-refractivity contribution in [1.82, 2.24) is 15.0 Å². The first-order valence-corrected chi connectivity index (χ1v) is 7.39. The molecule has 0 atom stereocenters. The van der Waals surface area contributed by atoms with E-state index in [1.54, 1.807) is 0 Å². The Morgan fingerprint density at radius 1 is 1.22 bits per heavy atom. The molecule has 0 spiro atoms. The highest BCUT2D eigenvalue weighted by Crippen LogP contribution is 2.29. The van der Waals surface area contributed by atoms with Crippen LogP contribution in [0.4, 0.5) is 5.82 Å². The van der Waals surface area contributed by atoms with Gasteiger partial charge in [-0.25, -0.2) is 15.0 Å². The highest BCUT2D eigenvalue weighted by Gasteiger charge is 2.10. The normalized spacial score (nSPS) is 10.7. The zero-order valence-electron chi connectivity index (χ0n) is 10.6. The van der Waals surface area contributed by atoms with Crippen LogP contribution >= 0.6 is 23.5 Å². The van der Waals surface area contributed by atoms with Gasteiger partial charge in [0.2, 0.25) is 0 Å². The summed E-state index contributed by atoms with van der Waals surface area (Å²) in [7, 11) is 1.83. The molecule has 0 aromatic carbocycles. The number of aryl methyl sites for hydroxylation is 2. The van der Waals surface area contributed by atoms with Crippen molar-refractivity contribution in [2.75, 3.05) is 18.6 Å². The van der Waals surface area contributed by atoms with Crippen molar-refractivity contribution in [3.63, 3.8) is 0 Å². The van der Waals surface area contributed by atoms with Crippen molar-refractivity contribution < 1.29 is 4.42 Å². The predicted octanol–water partition coefficient (Wildman–Crippen LogP) is 3.00. The molecule has 0 saturated heterocycles. The first-order valence-electron chi connectivity index (χ1n) is 5.35. The van der Waals surface area contributed by atoms with E-state index < -0.39 is 0 Å². The number of rotatable bonds is 4. The van der Waals surface area contributed by atoms with Crippen molar-refractivity contribution in [3.05, 3.63) is 17.5 Å². The summed E-state index contributed by atoms with van der Waals surface area (Å²) < 4.78 is 5.53. The Morgan fingerprint density at radius 2 is 2.00 bits per heavy atom. The van der Waals surface area contributed by atoms with Crippen LogP contribution in [0.5, 0.6) is 0 Å². The van der Waals surface area contributed by atoms with Crippen LogP contribution in [-0.4, -0.2) is 28.3 Å². The lowest BCUT2D eigenvalue weighted by molar-refractivity contribution is 0.431. The zero-order chi connectivity index (χ0) is 13.1. The van der Waals surface area contributed by atoms with Gasteiger partial charge in [-0.15, -0.1) is 0 Å². The first-order chi connectivity index (χ1) is 8.62. The minimum Gasteiger partial charge on any atom is -0.436 e. The van der Waals surface area contributed by atoms with E-state index in [0.29, 0.717) is 5.22 Å². The smallest absolute Gasteiger partial charge is 0.262 e. The number of thioether (sulfide) groups is 1. The largest absolute Gasteiger partial charge is 0.436 e. The molecule has 0 saturated carbocycles. The lowest BCUT2D eigenvalue weighted by Gasteiger charge is -2.04. The average Bonchev–Trinajstić information content (AvgIpc) is 2.67. The van der Waals surface area contributed by atoms with Crippen LogP contribution in [0.1, 0.15) is 11.5 Å². The lowest BCUT2D eigenvalue weighted by Crippen LogP contribution is -1.96. The monoisotopic (exact) mass is 282 g/mol. The third kappa shape index (κ3) is 2.97. The molecule has 0 fully saturated rings. The molecule has 96 valence electrons. The Morgan fingerprint density at radius 3 is 2.56 bits per heavy atom. The molecule has 5 nitrogen and oxygen atoms in total. The fourth-order valence-corrected chi connectivity index (χ4v) is 2.52. The van der Waals surface area contributed by atoms with Crippen LogP contribution < -0.4 is 5.32 Å². The van der Waals surface area contributed by atoms with Crippen molar-refractivity contribution in [3.8, 4) is 0 Å². The van der Waals surface area contributed by atoms with E-state index in [4.69, 9.17) is 4.42 Å². The number of anilines is 1. The highest BCUT2D eigenvalue weighted by molar-refractivity contribution is 7.99. The summed E-state index contributed by atoms with van der Waals surface area (Å²) >= 11 is 2.90. The summed E-state index contributed by atoms with van der Waals surface area (Å²) in [4.78, 5) is 13.0. The molecule has 18 heavy (non-hydrogen) atoms. The summed E-state index contributed by atoms with van der Waals surface area (Å²) in [6.45, 7) is 3.83. The van der Waals surface area contributed by atoms with Gasteiger partial charge in [-0.3, -0.25) is 0 Å². The molecule has 0 amide bonds. The number of hydrogen-bond acceptors (Lipinski definition) is 7. The average molecular weight is 282 g/mol. The molecule has 0 aliphatic carbocycles. The molecular formula is C11H14N4OS2. The van der Waals surface area contributed by atoms with Crippen LogP contribution in [0.25, 0.3) is 0 Å². The van der Waals surface area contributed by atoms with Gasteiger partial charge in [0.15, 0.2) is 5.16 Å². The molecular weight excluding hydrogens is 268 g/mol. The molecule has 2 aromatic rings. The van der Waals surface area contributed by atoms with Gasteiger partial charge in [-0.1, -0.05) is 11.8 Å². The molecule has 0 unspecified atom stereocenters. The Hall–Kier alpha value is -1.21. The van der Waals surface area contributed by atoms with Gasteiger partial charge >= 0.3 is 0 Å². The van der Waals surface area contributed by atoms with Crippen LogP contribution in [0.3, 0.4) is 0 Å². The fourth-order valence-electron chi connectivity index (χ4n) is 1.25. The maximum absolute atomic E-state index is 5.53. The third-order valence-corrected chi connectivity index (χ3v) is 3.64. The number of nitrogens with one attached hydrogen (secondary N) is 1. The van der Waals surface area contributed by atoms with Gasteiger partial charge in [0.25, 0.3) is 5.22 Å². The minimum atomic E-state index is 0.609. The van der Waals surface area contributed by atoms with Crippen molar-refractivity contribution in [2.24, 2.45) is 0 Å². The lowest BCUT2D eigenvalue weighted by atomic mass is 10.4. The summed E-state index contributed by atoms with van der Waals surface area (Å²) in [6.07, 6.45) is 1.95. The summed E-state index contributed by atoms with van der Waals surface area (Å²) in [5, 5.41) is 5.17. The van der Waals surface area contributed by atoms with Crippen molar-refractivity contribution in [2.45, 2.75) is 29.3 Å². The minimum absolute atomic E-state index is 0.609. The standard InChI is InChI=1S/C11H14N4OS2/c1-6-7(2)16-11(13-6)18-9-5-8(12-3)14-10(15-9)17-4/h5H,1-4H3,(H,12,14,15). The van der Waals surface area contributed by atoms with Crippen LogP contribution in [-0.2, 0) is 0 Å². The SMILES string of the molecule is CNc1cc(Sc2nc(C)c(C)o2)nc(SC)n1. The molecule has 1 N–H and O–H groups in total. The zero-order valence-corrected chi connectivity index (χ0v) is 12.3. The second-order valence-corrected chi connectivity index (χ2v) is 5.30. The third-order valence-electron chi connectivity index (χ3n) is 2.32. The Kier molecular flexibility index (Phi) is 4.13. The van der Waals surface area contributed by atoms with Gasteiger partial charge < -0.3 is 9.73 Å². The van der Waals surface area contributed by atoms with Gasteiger partial charge in [-0.2, -0.15) is 0 Å². The molecule has 0 bridgehead atoms. The number of oxazole rings is 1. The van der Waals surface area contributed by atoms with E-state index in [1.165, 1.54) is 23.5 Å². The molecule has 2 aromatic heterocycles. The van der Waals surface area contributed by atoms with Crippen molar-refractivity contribution in [1.29, 1.82) is 0 Å². The Labute approximate surface area is 114 Å². The molecule has 7 heteroatoms. The second kappa shape index (κ2) is 5.62. The Bertz CT molecular complexity index is 514. The van der Waals surface area contributed by atoms with Gasteiger partial charge in [0, 0.05) is 13.1 Å². The molecule has 0 aliphatic rings. The van der Waals surface area contributed by atoms with Gasteiger partial charge in [0.05, 0.1) is 5.69 Å². The van der Waals surface area contributed by atoms with Crippen LogP contribution in [0.15, 0.2) is 25.9 Å². The Balaban J connectivity index is 2.27. The first kappa shape index (κ1) is 13.2. The van der Waals surface area contributed by atoms with E-state index in [0.717, 1.165) is 27.5 Å². The fraction of sp³-hybridized carbons (Fsp3) is 0.364. The van der Waals surface area contributed by atoms with Crippen molar-refractivity contribution >= 4 is 29.3 Å². The van der Waals surface area contributed by atoms with Crippen LogP contribution in [0.2, 0.25) is 0 Å². The van der Waals surface area contributed by atoms with E-state index in [2.05, 4.69) is 20.3 Å². The van der Waals surface area contributed by atoms with E-state index in [1.807, 2.05) is 33.2 Å². The summed E-state index contributed by atoms with van der Waals surface area (Å²) in [5.41, 5.74) is 0.908. The van der Waals surface area contributed by atoms with E-state index >= 15 is 0 Å². The quantitative estimate of drug-likeness (QED) is 0.525. The van der Waals surface area contributed by atoms with Gasteiger partial charge in [-0.05, 0) is 31.9 Å². The van der Waals surface area contributed by atoms with E-state index in [9.17, 15) is 0 Å². The molecule has 2 heterocycles. The number of nitrogens with zero attached hydrogens (tertiary/aromatic N) is 3. The van der Waals surface area contributed by atoms with E-state index in [-0.39, 0.29) is 0 Å². The molecule has 0 radical (unpaired) electrons. The predicted molar refractivity (Wildman–Crippen MR) is 73.5 cm³/mol. The molecule has 2 rings (SSSR count). The molecule has 0 aliphatic heterocycles. The maximum atomic E-state index is 5.53.